The molecule has 0 saturated carbocycles. The van der Waals surface area contributed by atoms with Gasteiger partial charge in [-0.15, -0.1) is 0 Å². The Morgan fingerprint density at radius 3 is 2.72 bits per heavy atom. The summed E-state index contributed by atoms with van der Waals surface area (Å²) in [7, 11) is 0. The van der Waals surface area contributed by atoms with E-state index in [0.29, 0.717) is 5.82 Å². The summed E-state index contributed by atoms with van der Waals surface area (Å²) in [5.74, 6) is 0.402. The van der Waals surface area contributed by atoms with Gasteiger partial charge in [-0.05, 0) is 17.7 Å². The molecule has 1 amide bonds. The van der Waals surface area contributed by atoms with Crippen molar-refractivity contribution in [3.05, 3.63) is 59.8 Å². The molecule has 3 rings (SSSR count). The molecule has 1 aromatic heterocycles. The van der Waals surface area contributed by atoms with Crippen LogP contribution in [0.5, 0.6) is 0 Å². The van der Waals surface area contributed by atoms with Crippen LogP contribution in [0.2, 0.25) is 0 Å². The maximum atomic E-state index is 12.1. The quantitative estimate of drug-likeness (QED) is 0.826. The monoisotopic (exact) mass is 237 g/mol. The van der Waals surface area contributed by atoms with Crippen LogP contribution in [-0.4, -0.2) is 17.1 Å². The van der Waals surface area contributed by atoms with Crippen LogP contribution in [0.3, 0.4) is 0 Å². The van der Waals surface area contributed by atoms with Crippen molar-refractivity contribution in [2.45, 2.75) is 6.04 Å². The highest BCUT2D eigenvalue weighted by atomic mass is 16.2. The van der Waals surface area contributed by atoms with Crippen molar-refractivity contribution in [3.8, 4) is 0 Å². The lowest BCUT2D eigenvalue weighted by Gasteiger charge is -2.10. The van der Waals surface area contributed by atoms with E-state index in [1.54, 1.807) is 12.4 Å². The zero-order valence-electron chi connectivity index (χ0n) is 9.58. The van der Waals surface area contributed by atoms with Crippen molar-refractivity contribution >= 4 is 17.9 Å². The first-order valence-electron chi connectivity index (χ1n) is 5.68. The van der Waals surface area contributed by atoms with Gasteiger partial charge < -0.3 is 5.32 Å². The lowest BCUT2D eigenvalue weighted by atomic mass is 10.1. The lowest BCUT2D eigenvalue weighted by Crippen LogP contribution is -2.19. The van der Waals surface area contributed by atoms with E-state index in [1.165, 1.54) is 0 Å². The molecule has 0 saturated heterocycles. The minimum atomic E-state index is -0.514. The van der Waals surface area contributed by atoms with E-state index in [4.69, 9.17) is 0 Å². The van der Waals surface area contributed by atoms with Gasteiger partial charge in [0.2, 0.25) is 0 Å². The molecule has 0 spiro atoms. The molecule has 0 fully saturated rings. The third kappa shape index (κ3) is 1.88. The van der Waals surface area contributed by atoms with Crippen LogP contribution in [-0.2, 0) is 4.79 Å². The van der Waals surface area contributed by atoms with Gasteiger partial charge in [0, 0.05) is 18.0 Å². The maximum absolute atomic E-state index is 12.1. The predicted octanol–water partition coefficient (Wildman–Crippen LogP) is 2.19. The Morgan fingerprint density at radius 1 is 1.06 bits per heavy atom. The second-order valence-corrected chi connectivity index (χ2v) is 4.02. The van der Waals surface area contributed by atoms with Crippen LogP contribution in [0.4, 0.5) is 5.82 Å². The molecule has 2 heterocycles. The number of nitrogens with one attached hydrogen (secondary N) is 1. The number of aromatic nitrogens is 1. The summed E-state index contributed by atoms with van der Waals surface area (Å²) in [5.41, 5.74) is 1.70. The number of carbonyl (C=O) groups excluding carboxylic acids is 1. The molecule has 2 aromatic rings. The van der Waals surface area contributed by atoms with E-state index in [9.17, 15) is 4.79 Å². The third-order valence-electron chi connectivity index (χ3n) is 2.81. The van der Waals surface area contributed by atoms with Crippen molar-refractivity contribution in [2.24, 2.45) is 4.99 Å². The molecule has 1 unspecified atom stereocenters. The van der Waals surface area contributed by atoms with Crippen LogP contribution in [0.15, 0.2) is 53.7 Å². The van der Waals surface area contributed by atoms with E-state index in [1.807, 2.05) is 42.5 Å². The highest BCUT2D eigenvalue weighted by Crippen LogP contribution is 2.23. The average molecular weight is 237 g/mol. The fourth-order valence-electron chi connectivity index (χ4n) is 1.91. The zero-order chi connectivity index (χ0) is 12.4. The molecule has 18 heavy (non-hydrogen) atoms. The van der Waals surface area contributed by atoms with E-state index >= 15 is 0 Å². The van der Waals surface area contributed by atoms with Gasteiger partial charge in [0.1, 0.15) is 5.82 Å². The number of carbonyl (C=O) groups is 1. The van der Waals surface area contributed by atoms with Gasteiger partial charge >= 0.3 is 0 Å². The van der Waals surface area contributed by atoms with Crippen molar-refractivity contribution < 1.29 is 4.79 Å². The minimum Gasteiger partial charge on any atom is -0.308 e. The van der Waals surface area contributed by atoms with Crippen molar-refractivity contribution in [2.75, 3.05) is 5.32 Å². The molecule has 1 aromatic carbocycles. The van der Waals surface area contributed by atoms with E-state index in [-0.39, 0.29) is 5.91 Å². The number of hydrogen-bond acceptors (Lipinski definition) is 3. The molecule has 1 N–H and O–H groups in total. The van der Waals surface area contributed by atoms with E-state index < -0.39 is 6.04 Å². The molecular formula is C14H11N3O. The van der Waals surface area contributed by atoms with Gasteiger partial charge in [0.15, 0.2) is 6.04 Å². The molecule has 4 heteroatoms. The number of fused-ring (bicyclic) bond motifs is 1. The second kappa shape index (κ2) is 4.41. The Morgan fingerprint density at radius 2 is 1.89 bits per heavy atom. The number of rotatable bonds is 1. The SMILES string of the molecule is O=C1Nc2ncccc2C=NC1c1ccccc1. The Hall–Kier alpha value is -2.49. The Labute approximate surface area is 104 Å². The summed E-state index contributed by atoms with van der Waals surface area (Å²) >= 11 is 0. The molecule has 4 nitrogen and oxygen atoms in total. The number of nitrogens with zero attached hydrogens (tertiary/aromatic N) is 2. The number of benzene rings is 1. The van der Waals surface area contributed by atoms with Gasteiger partial charge in [-0.3, -0.25) is 9.79 Å². The average Bonchev–Trinajstić information content (AvgIpc) is 2.58. The van der Waals surface area contributed by atoms with Gasteiger partial charge in [-0.2, -0.15) is 0 Å². The third-order valence-corrected chi connectivity index (χ3v) is 2.81. The van der Waals surface area contributed by atoms with Gasteiger partial charge in [0.25, 0.3) is 5.91 Å². The first kappa shape index (κ1) is 10.7. The van der Waals surface area contributed by atoms with E-state index in [2.05, 4.69) is 15.3 Å². The number of amides is 1. The van der Waals surface area contributed by atoms with Gasteiger partial charge in [-0.1, -0.05) is 30.3 Å². The smallest absolute Gasteiger partial charge is 0.254 e. The van der Waals surface area contributed by atoms with Crippen molar-refractivity contribution in [1.82, 2.24) is 4.98 Å². The molecule has 0 radical (unpaired) electrons. The molecular weight excluding hydrogens is 226 g/mol. The Balaban J connectivity index is 2.00. The summed E-state index contributed by atoms with van der Waals surface area (Å²) in [6.45, 7) is 0. The topological polar surface area (TPSA) is 54.4 Å². The maximum Gasteiger partial charge on any atom is 0.254 e. The van der Waals surface area contributed by atoms with Crippen molar-refractivity contribution in [3.63, 3.8) is 0 Å². The summed E-state index contributed by atoms with van der Waals surface area (Å²) in [5, 5.41) is 2.80. The van der Waals surface area contributed by atoms with Crippen LogP contribution < -0.4 is 5.32 Å². The fraction of sp³-hybridized carbons (Fsp3) is 0.0714. The molecule has 1 aliphatic heterocycles. The molecule has 88 valence electrons. The lowest BCUT2D eigenvalue weighted by molar-refractivity contribution is -0.117. The minimum absolute atomic E-state index is 0.157. The molecule has 0 aliphatic carbocycles. The Kier molecular flexibility index (Phi) is 2.61. The Bertz CT molecular complexity index is 607. The van der Waals surface area contributed by atoms with Crippen molar-refractivity contribution in [1.29, 1.82) is 0 Å². The van der Waals surface area contributed by atoms with Gasteiger partial charge in [0.05, 0.1) is 0 Å². The summed E-state index contributed by atoms with van der Waals surface area (Å²) < 4.78 is 0. The fourth-order valence-corrected chi connectivity index (χ4v) is 1.91. The largest absolute Gasteiger partial charge is 0.308 e. The zero-order valence-corrected chi connectivity index (χ0v) is 9.58. The first-order chi connectivity index (χ1) is 8.84. The number of aliphatic imine (C=N–C) groups is 1. The van der Waals surface area contributed by atoms with Crippen LogP contribution in [0.25, 0.3) is 0 Å². The standard InChI is InChI=1S/C14H11N3O/c18-14-12(10-5-2-1-3-6-10)16-9-11-7-4-8-15-13(11)17-14/h1-9,12H,(H,15,17,18). The van der Waals surface area contributed by atoms with Crippen LogP contribution in [0, 0.1) is 0 Å². The van der Waals surface area contributed by atoms with E-state index in [0.717, 1.165) is 11.1 Å². The number of anilines is 1. The number of pyridine rings is 1. The van der Waals surface area contributed by atoms with Crippen LogP contribution >= 0.6 is 0 Å². The summed E-state index contributed by atoms with van der Waals surface area (Å²) in [4.78, 5) is 20.6. The second-order valence-electron chi connectivity index (χ2n) is 4.02. The van der Waals surface area contributed by atoms with Crippen LogP contribution in [0.1, 0.15) is 17.2 Å². The normalized spacial score (nSPS) is 17.8. The predicted molar refractivity (Wildman–Crippen MR) is 69.6 cm³/mol. The highest BCUT2D eigenvalue weighted by Gasteiger charge is 2.22. The summed E-state index contributed by atoms with van der Waals surface area (Å²) in [6, 6.07) is 12.7. The van der Waals surface area contributed by atoms with Gasteiger partial charge in [-0.25, -0.2) is 4.98 Å². The highest BCUT2D eigenvalue weighted by molar-refractivity contribution is 6.02. The molecule has 1 atom stereocenters. The number of hydrogen-bond donors (Lipinski definition) is 1. The molecule has 0 bridgehead atoms. The molecule has 1 aliphatic rings. The first-order valence-corrected chi connectivity index (χ1v) is 5.68. The summed E-state index contributed by atoms with van der Waals surface area (Å²) in [6.07, 6.45) is 3.34.